The number of fused-ring (bicyclic) bond motifs is 1. The number of H-pyrrole nitrogens is 1. The Labute approximate surface area is 163 Å². The van der Waals surface area contributed by atoms with Gasteiger partial charge in [0.15, 0.2) is 0 Å². The monoisotopic (exact) mass is 429 g/mol. The maximum absolute atomic E-state index is 14.2. The van der Waals surface area contributed by atoms with Crippen molar-refractivity contribution in [3.05, 3.63) is 70.1 Å². The van der Waals surface area contributed by atoms with Crippen LogP contribution in [0.3, 0.4) is 0 Å². The molecule has 5 nitrogen and oxygen atoms in total. The van der Waals surface area contributed by atoms with Crippen LogP contribution < -0.4 is 5.32 Å². The fraction of sp³-hybridized carbons (Fsp3) is 0.200. The van der Waals surface area contributed by atoms with Gasteiger partial charge in [-0.1, -0.05) is 46.3 Å². The summed E-state index contributed by atoms with van der Waals surface area (Å²) in [6, 6.07) is 13.7. The van der Waals surface area contributed by atoms with Gasteiger partial charge >= 0.3 is 0 Å². The van der Waals surface area contributed by atoms with Gasteiger partial charge in [-0.3, -0.25) is 9.59 Å². The molecule has 1 aromatic heterocycles. The molecule has 138 valence electrons. The maximum Gasteiger partial charge on any atom is 0.270 e. The molecule has 1 aliphatic heterocycles. The van der Waals surface area contributed by atoms with Gasteiger partial charge in [0.25, 0.3) is 5.91 Å². The number of halogens is 2. The largest absolute Gasteiger partial charge is 0.354 e. The summed E-state index contributed by atoms with van der Waals surface area (Å²) < 4.78 is 14.8. The second-order valence-electron chi connectivity index (χ2n) is 6.51. The van der Waals surface area contributed by atoms with Gasteiger partial charge in [0.2, 0.25) is 5.91 Å². The molecular weight excluding hydrogens is 413 g/mol. The Balaban J connectivity index is 1.73. The van der Waals surface area contributed by atoms with Crippen LogP contribution in [0.5, 0.6) is 0 Å². The molecule has 0 aliphatic carbocycles. The number of benzene rings is 2. The lowest BCUT2D eigenvalue weighted by Gasteiger charge is -2.29. The average molecular weight is 430 g/mol. The van der Waals surface area contributed by atoms with Crippen LogP contribution in [0, 0.1) is 5.82 Å². The van der Waals surface area contributed by atoms with E-state index in [2.05, 4.69) is 26.2 Å². The SMILES string of the molecule is O=C1C[C@@H](c2ccccc2)N(C(=O)c2cc3c(F)cc(Br)cc3[nH]2)CCN1. The van der Waals surface area contributed by atoms with Crippen LogP contribution in [0.4, 0.5) is 4.39 Å². The first-order valence-corrected chi connectivity index (χ1v) is 9.42. The topological polar surface area (TPSA) is 65.2 Å². The Morgan fingerprint density at radius 1 is 1.19 bits per heavy atom. The molecule has 2 heterocycles. The smallest absolute Gasteiger partial charge is 0.270 e. The van der Waals surface area contributed by atoms with Crippen molar-refractivity contribution in [2.24, 2.45) is 0 Å². The molecule has 1 atom stereocenters. The van der Waals surface area contributed by atoms with Crippen molar-refractivity contribution >= 4 is 38.6 Å². The number of rotatable bonds is 2. The van der Waals surface area contributed by atoms with Crippen molar-refractivity contribution in [3.63, 3.8) is 0 Å². The zero-order valence-corrected chi connectivity index (χ0v) is 15.9. The van der Waals surface area contributed by atoms with Crippen molar-refractivity contribution < 1.29 is 14.0 Å². The number of nitrogens with zero attached hydrogens (tertiary/aromatic N) is 1. The first kappa shape index (κ1) is 17.7. The molecule has 2 N–H and O–H groups in total. The highest BCUT2D eigenvalue weighted by Gasteiger charge is 2.31. The highest BCUT2D eigenvalue weighted by atomic mass is 79.9. The van der Waals surface area contributed by atoms with Crippen LogP contribution in [0.2, 0.25) is 0 Å². The van der Waals surface area contributed by atoms with Crippen LogP contribution in [0.1, 0.15) is 28.5 Å². The first-order chi connectivity index (χ1) is 13.0. The minimum atomic E-state index is -0.401. The van der Waals surface area contributed by atoms with Crippen molar-refractivity contribution in [2.75, 3.05) is 13.1 Å². The van der Waals surface area contributed by atoms with Crippen molar-refractivity contribution in [1.82, 2.24) is 15.2 Å². The quantitative estimate of drug-likeness (QED) is 0.650. The third kappa shape index (κ3) is 3.47. The standard InChI is InChI=1S/C20H17BrFN3O2/c21-13-8-15(22)14-10-17(24-16(14)9-13)20(27)25-7-6-23-19(26)11-18(25)12-4-2-1-3-5-12/h1-5,8-10,18,24H,6-7,11H2,(H,23,26)/t18-/m0/s1. The van der Waals surface area contributed by atoms with E-state index in [9.17, 15) is 14.0 Å². The second-order valence-corrected chi connectivity index (χ2v) is 7.43. The van der Waals surface area contributed by atoms with Gasteiger partial charge in [-0.25, -0.2) is 4.39 Å². The number of nitrogens with one attached hydrogen (secondary N) is 2. The Morgan fingerprint density at radius 3 is 2.74 bits per heavy atom. The fourth-order valence-corrected chi connectivity index (χ4v) is 3.91. The van der Waals surface area contributed by atoms with E-state index in [1.54, 1.807) is 11.0 Å². The summed E-state index contributed by atoms with van der Waals surface area (Å²) in [5.41, 5.74) is 1.75. The van der Waals surface area contributed by atoms with E-state index in [0.29, 0.717) is 34.2 Å². The number of hydrogen-bond donors (Lipinski definition) is 2. The summed E-state index contributed by atoms with van der Waals surface area (Å²) in [5, 5.41) is 3.18. The molecule has 4 rings (SSSR count). The lowest BCUT2D eigenvalue weighted by Crippen LogP contribution is -2.36. The van der Waals surface area contributed by atoms with E-state index < -0.39 is 5.82 Å². The number of amides is 2. The Kier molecular flexibility index (Phi) is 4.70. The summed E-state index contributed by atoms with van der Waals surface area (Å²) in [6.45, 7) is 0.764. The molecule has 0 unspecified atom stereocenters. The number of aromatic nitrogens is 1. The average Bonchev–Trinajstić information content (AvgIpc) is 2.98. The van der Waals surface area contributed by atoms with Crippen LogP contribution in [-0.4, -0.2) is 34.8 Å². The predicted octanol–water partition coefficient (Wildman–Crippen LogP) is 3.77. The highest BCUT2D eigenvalue weighted by molar-refractivity contribution is 9.10. The van der Waals surface area contributed by atoms with Crippen LogP contribution in [0.15, 0.2) is 53.0 Å². The van der Waals surface area contributed by atoms with Crippen molar-refractivity contribution in [2.45, 2.75) is 12.5 Å². The zero-order chi connectivity index (χ0) is 19.0. The van der Waals surface area contributed by atoms with Crippen molar-refractivity contribution in [3.8, 4) is 0 Å². The van der Waals surface area contributed by atoms with E-state index in [1.807, 2.05) is 30.3 Å². The predicted molar refractivity (Wildman–Crippen MR) is 104 cm³/mol. The molecule has 0 spiro atoms. The molecule has 1 saturated heterocycles. The van der Waals surface area contributed by atoms with Gasteiger partial charge in [-0.15, -0.1) is 0 Å². The van der Waals surface area contributed by atoms with Gasteiger partial charge in [0, 0.05) is 22.9 Å². The summed E-state index contributed by atoms with van der Waals surface area (Å²) in [4.78, 5) is 30.0. The van der Waals surface area contributed by atoms with Gasteiger partial charge in [0.05, 0.1) is 18.0 Å². The van der Waals surface area contributed by atoms with Gasteiger partial charge in [0.1, 0.15) is 11.5 Å². The van der Waals surface area contributed by atoms with Gasteiger partial charge < -0.3 is 15.2 Å². The van der Waals surface area contributed by atoms with E-state index >= 15 is 0 Å². The molecule has 0 radical (unpaired) electrons. The van der Waals surface area contributed by atoms with Crippen molar-refractivity contribution in [1.29, 1.82) is 0 Å². The number of hydrogen-bond acceptors (Lipinski definition) is 2. The molecule has 0 bridgehead atoms. The normalized spacial score (nSPS) is 17.6. The number of carbonyl (C=O) groups excluding carboxylic acids is 2. The molecule has 2 amide bonds. The summed E-state index contributed by atoms with van der Waals surface area (Å²) in [5.74, 6) is -0.750. The molecule has 1 aliphatic rings. The van der Waals surface area contributed by atoms with Crippen LogP contribution >= 0.6 is 15.9 Å². The highest BCUT2D eigenvalue weighted by Crippen LogP contribution is 2.29. The summed E-state index contributed by atoms with van der Waals surface area (Å²) >= 11 is 3.26. The number of carbonyl (C=O) groups is 2. The Morgan fingerprint density at radius 2 is 1.96 bits per heavy atom. The van der Waals surface area contributed by atoms with Gasteiger partial charge in [-0.05, 0) is 23.8 Å². The van der Waals surface area contributed by atoms with E-state index in [-0.39, 0.29) is 24.3 Å². The minimum absolute atomic E-state index is 0.0919. The zero-order valence-electron chi connectivity index (χ0n) is 14.3. The second kappa shape index (κ2) is 7.15. The Bertz CT molecular complexity index is 1020. The van der Waals surface area contributed by atoms with E-state index in [0.717, 1.165) is 5.56 Å². The minimum Gasteiger partial charge on any atom is -0.354 e. The van der Waals surface area contributed by atoms with E-state index in [1.165, 1.54) is 12.1 Å². The molecule has 7 heteroatoms. The molecular formula is C20H17BrFN3O2. The maximum atomic E-state index is 14.2. The third-order valence-corrected chi connectivity index (χ3v) is 5.22. The summed E-state index contributed by atoms with van der Waals surface area (Å²) in [6.07, 6.45) is 0.190. The molecule has 0 saturated carbocycles. The lowest BCUT2D eigenvalue weighted by atomic mass is 10.0. The third-order valence-electron chi connectivity index (χ3n) is 4.76. The summed E-state index contributed by atoms with van der Waals surface area (Å²) in [7, 11) is 0. The van der Waals surface area contributed by atoms with Crippen LogP contribution in [-0.2, 0) is 4.79 Å². The molecule has 3 aromatic rings. The van der Waals surface area contributed by atoms with Gasteiger partial charge in [-0.2, -0.15) is 0 Å². The fourth-order valence-electron chi connectivity index (χ4n) is 3.48. The Hall–Kier alpha value is -2.67. The molecule has 1 fully saturated rings. The number of aromatic amines is 1. The van der Waals surface area contributed by atoms with E-state index in [4.69, 9.17) is 0 Å². The van der Waals surface area contributed by atoms with Crippen LogP contribution in [0.25, 0.3) is 10.9 Å². The lowest BCUT2D eigenvalue weighted by molar-refractivity contribution is -0.121. The first-order valence-electron chi connectivity index (χ1n) is 8.63. The molecule has 27 heavy (non-hydrogen) atoms. The molecule has 2 aromatic carbocycles.